The third-order valence-corrected chi connectivity index (χ3v) is 6.22. The van der Waals surface area contributed by atoms with Crippen molar-refractivity contribution in [1.82, 2.24) is 14.8 Å². The molecule has 0 saturated carbocycles. The smallest absolute Gasteiger partial charge is 0.261 e. The molecule has 1 aromatic heterocycles. The summed E-state index contributed by atoms with van der Waals surface area (Å²) < 4.78 is 16.7. The van der Waals surface area contributed by atoms with Crippen molar-refractivity contribution in [2.75, 3.05) is 58.5 Å². The Bertz CT molecular complexity index is 1270. The summed E-state index contributed by atoms with van der Waals surface area (Å²) in [4.78, 5) is 32.7. The van der Waals surface area contributed by atoms with Crippen LogP contribution in [-0.4, -0.2) is 73.9 Å². The minimum Gasteiger partial charge on any atom is -0.492 e. The number of benzene rings is 2. The van der Waals surface area contributed by atoms with Crippen molar-refractivity contribution in [1.29, 1.82) is 0 Å². The maximum absolute atomic E-state index is 12.9. The van der Waals surface area contributed by atoms with Crippen LogP contribution in [0.3, 0.4) is 0 Å². The number of hydrogen-bond acceptors (Lipinski definition) is 7. The van der Waals surface area contributed by atoms with E-state index in [-0.39, 0.29) is 12.4 Å². The number of nitrogens with one attached hydrogen (secondary N) is 2. The molecular weight excluding hydrogens is 448 g/mol. The third kappa shape index (κ3) is 5.47. The molecule has 9 heteroatoms. The van der Waals surface area contributed by atoms with Crippen molar-refractivity contribution in [2.45, 2.75) is 0 Å². The Morgan fingerprint density at radius 3 is 2.71 bits per heavy atom. The first-order valence-corrected chi connectivity index (χ1v) is 11.6. The van der Waals surface area contributed by atoms with E-state index < -0.39 is 11.5 Å². The Labute approximate surface area is 203 Å². The molecule has 1 fully saturated rings. The van der Waals surface area contributed by atoms with Crippen LogP contribution >= 0.6 is 0 Å². The Morgan fingerprint density at radius 2 is 1.86 bits per heavy atom. The van der Waals surface area contributed by atoms with E-state index in [1.807, 2.05) is 24.3 Å². The van der Waals surface area contributed by atoms with Crippen LogP contribution in [-0.2, 0) is 0 Å². The van der Waals surface area contributed by atoms with Gasteiger partial charge in [0.05, 0.1) is 0 Å². The maximum atomic E-state index is 12.9. The number of anilines is 1. The van der Waals surface area contributed by atoms with E-state index in [0.717, 1.165) is 38.3 Å². The van der Waals surface area contributed by atoms with Gasteiger partial charge in [0, 0.05) is 50.7 Å². The van der Waals surface area contributed by atoms with Crippen LogP contribution in [0.5, 0.6) is 17.2 Å². The fourth-order valence-electron chi connectivity index (χ4n) is 4.12. The highest BCUT2D eigenvalue weighted by atomic mass is 16.7. The largest absolute Gasteiger partial charge is 0.492 e. The summed E-state index contributed by atoms with van der Waals surface area (Å²) in [5.41, 5.74) is 1.59. The molecule has 2 N–H and O–H groups in total. The zero-order chi connectivity index (χ0) is 24.2. The fourth-order valence-corrected chi connectivity index (χ4v) is 4.12. The Balaban J connectivity index is 1.23. The number of likely N-dealkylation sites (N-methyl/N-ethyl adjacent to an activating group) is 1. The lowest BCUT2D eigenvalue weighted by molar-refractivity contribution is 0.102. The minimum absolute atomic E-state index is 0.0153. The van der Waals surface area contributed by atoms with Gasteiger partial charge in [-0.15, -0.1) is 0 Å². The normalized spacial score (nSPS) is 15.7. The SMILES string of the molecule is CN1CCN(CCOc2cccc(NC(=O)c3cc(-c4ccc5c(c4)OCO5)c[nH]c3=O)c2)CC1. The Morgan fingerprint density at radius 1 is 1.03 bits per heavy atom. The number of aromatic nitrogens is 1. The van der Waals surface area contributed by atoms with Gasteiger partial charge < -0.3 is 29.4 Å². The number of H-pyrrole nitrogens is 1. The number of carbonyl (C=O) groups is 1. The molecule has 2 aromatic carbocycles. The van der Waals surface area contributed by atoms with E-state index >= 15 is 0 Å². The van der Waals surface area contributed by atoms with Gasteiger partial charge in [0.1, 0.15) is 17.9 Å². The molecule has 35 heavy (non-hydrogen) atoms. The van der Waals surface area contributed by atoms with Crippen molar-refractivity contribution in [3.63, 3.8) is 0 Å². The number of pyridine rings is 1. The van der Waals surface area contributed by atoms with E-state index in [2.05, 4.69) is 27.1 Å². The molecule has 0 spiro atoms. The second-order valence-electron chi connectivity index (χ2n) is 8.67. The molecule has 5 rings (SSSR count). The lowest BCUT2D eigenvalue weighted by atomic mass is 10.0. The molecule has 9 nitrogen and oxygen atoms in total. The fraction of sp³-hybridized carbons (Fsp3) is 0.308. The molecule has 3 heterocycles. The van der Waals surface area contributed by atoms with Gasteiger partial charge in [-0.2, -0.15) is 0 Å². The van der Waals surface area contributed by atoms with Crippen molar-refractivity contribution in [3.8, 4) is 28.4 Å². The van der Waals surface area contributed by atoms with Gasteiger partial charge in [0.25, 0.3) is 11.5 Å². The molecule has 0 atom stereocenters. The van der Waals surface area contributed by atoms with Gasteiger partial charge in [-0.05, 0) is 48.5 Å². The first-order valence-electron chi connectivity index (χ1n) is 11.6. The van der Waals surface area contributed by atoms with E-state index in [1.165, 1.54) is 0 Å². The average Bonchev–Trinajstić information content (AvgIpc) is 3.34. The van der Waals surface area contributed by atoms with Crippen LogP contribution in [0.25, 0.3) is 11.1 Å². The monoisotopic (exact) mass is 476 g/mol. The predicted octanol–water partition coefficient (Wildman–Crippen LogP) is 2.65. The molecule has 182 valence electrons. The summed E-state index contributed by atoms with van der Waals surface area (Å²) in [5, 5.41) is 2.80. The van der Waals surface area contributed by atoms with Crippen LogP contribution in [0.2, 0.25) is 0 Å². The van der Waals surface area contributed by atoms with Gasteiger partial charge >= 0.3 is 0 Å². The zero-order valence-corrected chi connectivity index (χ0v) is 19.6. The van der Waals surface area contributed by atoms with Crippen LogP contribution in [0.1, 0.15) is 10.4 Å². The van der Waals surface area contributed by atoms with Crippen LogP contribution in [0.15, 0.2) is 59.5 Å². The first-order chi connectivity index (χ1) is 17.0. The molecule has 2 aliphatic heterocycles. The van der Waals surface area contributed by atoms with E-state index in [0.29, 0.717) is 35.1 Å². The summed E-state index contributed by atoms with van der Waals surface area (Å²) >= 11 is 0. The van der Waals surface area contributed by atoms with E-state index in [9.17, 15) is 9.59 Å². The summed E-state index contributed by atoms with van der Waals surface area (Å²) in [6.07, 6.45) is 1.57. The number of fused-ring (bicyclic) bond motifs is 1. The van der Waals surface area contributed by atoms with Crippen molar-refractivity contribution >= 4 is 11.6 Å². The molecule has 0 unspecified atom stereocenters. The Hall–Kier alpha value is -3.82. The number of hydrogen-bond donors (Lipinski definition) is 2. The zero-order valence-electron chi connectivity index (χ0n) is 19.6. The lowest BCUT2D eigenvalue weighted by Gasteiger charge is -2.32. The molecule has 3 aromatic rings. The first kappa shape index (κ1) is 22.9. The number of piperazine rings is 1. The highest BCUT2D eigenvalue weighted by Gasteiger charge is 2.17. The number of nitrogens with zero attached hydrogens (tertiary/aromatic N) is 2. The minimum atomic E-state index is -0.497. The Kier molecular flexibility index (Phi) is 6.69. The summed E-state index contributed by atoms with van der Waals surface area (Å²) in [6.45, 7) is 5.81. The second kappa shape index (κ2) is 10.2. The molecule has 2 aliphatic rings. The quantitative estimate of drug-likeness (QED) is 0.541. The predicted molar refractivity (Wildman–Crippen MR) is 132 cm³/mol. The van der Waals surface area contributed by atoms with Gasteiger partial charge in [-0.25, -0.2) is 0 Å². The van der Waals surface area contributed by atoms with Crippen molar-refractivity contribution in [3.05, 3.63) is 70.6 Å². The number of aromatic amines is 1. The standard InChI is InChI=1S/C26H28N4O5/c1-29-7-9-30(10-8-29)11-12-33-21-4-2-3-20(15-21)28-26(32)22-13-19(16-27-25(22)31)18-5-6-23-24(14-18)35-17-34-23/h2-6,13-16H,7-12,17H2,1H3,(H,27,31)(H,28,32). The van der Waals surface area contributed by atoms with Crippen molar-refractivity contribution < 1.29 is 19.0 Å². The van der Waals surface area contributed by atoms with Crippen LogP contribution in [0, 0.1) is 0 Å². The van der Waals surface area contributed by atoms with E-state index in [4.69, 9.17) is 14.2 Å². The van der Waals surface area contributed by atoms with Gasteiger partial charge in [0.2, 0.25) is 6.79 Å². The molecule has 0 radical (unpaired) electrons. The summed E-state index contributed by atoms with van der Waals surface area (Å²) in [5.74, 6) is 1.47. The number of rotatable bonds is 7. The average molecular weight is 477 g/mol. The summed E-state index contributed by atoms with van der Waals surface area (Å²) in [6, 6.07) is 14.2. The van der Waals surface area contributed by atoms with Gasteiger partial charge in [-0.3, -0.25) is 14.5 Å². The molecular formula is C26H28N4O5. The van der Waals surface area contributed by atoms with E-state index in [1.54, 1.807) is 30.5 Å². The molecule has 1 saturated heterocycles. The maximum Gasteiger partial charge on any atom is 0.261 e. The topological polar surface area (TPSA) is 96.1 Å². The van der Waals surface area contributed by atoms with Crippen molar-refractivity contribution in [2.24, 2.45) is 0 Å². The second-order valence-corrected chi connectivity index (χ2v) is 8.67. The molecule has 0 aliphatic carbocycles. The number of amides is 1. The number of carbonyl (C=O) groups excluding carboxylic acids is 1. The highest BCUT2D eigenvalue weighted by molar-refractivity contribution is 6.04. The van der Waals surface area contributed by atoms with Crippen LogP contribution < -0.4 is 25.1 Å². The van der Waals surface area contributed by atoms with Gasteiger partial charge in [0.15, 0.2) is 11.5 Å². The lowest BCUT2D eigenvalue weighted by Crippen LogP contribution is -2.45. The third-order valence-electron chi connectivity index (χ3n) is 6.22. The van der Waals surface area contributed by atoms with Crippen LogP contribution in [0.4, 0.5) is 5.69 Å². The summed E-state index contributed by atoms with van der Waals surface area (Å²) in [7, 11) is 2.13. The highest BCUT2D eigenvalue weighted by Crippen LogP contribution is 2.35. The number of ether oxygens (including phenoxy) is 3. The molecule has 1 amide bonds. The van der Waals surface area contributed by atoms with Gasteiger partial charge in [-0.1, -0.05) is 12.1 Å². The molecule has 0 bridgehead atoms.